The highest BCUT2D eigenvalue weighted by Gasteiger charge is 2.29. The lowest BCUT2D eigenvalue weighted by Gasteiger charge is -2.16. The molecule has 3 aromatic rings. The minimum Gasteiger partial charge on any atom is -0.507 e. The maximum atomic E-state index is 13.0. The number of phenols is 1. The summed E-state index contributed by atoms with van der Waals surface area (Å²) >= 11 is 0. The molecule has 1 amide bonds. The number of carbonyl (C=O) groups is 1. The Labute approximate surface area is 139 Å². The summed E-state index contributed by atoms with van der Waals surface area (Å²) in [6.07, 6.45) is 1.44. The predicted octanol–water partition coefficient (Wildman–Crippen LogP) is 3.63. The highest BCUT2D eigenvalue weighted by atomic mass is 16.5. The van der Waals surface area contributed by atoms with E-state index >= 15 is 0 Å². The van der Waals surface area contributed by atoms with Crippen LogP contribution in [0.15, 0.2) is 41.1 Å². The van der Waals surface area contributed by atoms with Crippen molar-refractivity contribution in [2.24, 2.45) is 0 Å². The molecule has 2 heterocycles. The van der Waals surface area contributed by atoms with E-state index < -0.39 is 0 Å². The smallest absolute Gasteiger partial charge is 0.258 e. The van der Waals surface area contributed by atoms with Crippen LogP contribution in [0.4, 0.5) is 0 Å². The van der Waals surface area contributed by atoms with Crippen molar-refractivity contribution in [3.8, 4) is 5.75 Å². The highest BCUT2D eigenvalue weighted by molar-refractivity contribution is 6.06. The van der Waals surface area contributed by atoms with Crippen LogP contribution in [0.3, 0.4) is 0 Å². The molecule has 0 saturated carbocycles. The molecule has 1 aliphatic heterocycles. The maximum Gasteiger partial charge on any atom is 0.258 e. The molecule has 0 fully saturated rings. The largest absolute Gasteiger partial charge is 0.507 e. The predicted molar refractivity (Wildman–Crippen MR) is 89.5 cm³/mol. The first-order valence-corrected chi connectivity index (χ1v) is 7.85. The Morgan fingerprint density at radius 1 is 1.33 bits per heavy atom. The van der Waals surface area contributed by atoms with E-state index in [1.807, 2.05) is 31.2 Å². The minimum atomic E-state index is -0.161. The van der Waals surface area contributed by atoms with Gasteiger partial charge >= 0.3 is 0 Å². The summed E-state index contributed by atoms with van der Waals surface area (Å²) in [7, 11) is 0. The van der Waals surface area contributed by atoms with Crippen molar-refractivity contribution in [2.75, 3.05) is 0 Å². The second-order valence-corrected chi connectivity index (χ2v) is 6.26. The number of rotatable bonds is 2. The molecule has 0 saturated heterocycles. The van der Waals surface area contributed by atoms with Crippen molar-refractivity contribution in [3.05, 3.63) is 65.7 Å². The quantitative estimate of drug-likeness (QED) is 0.732. The van der Waals surface area contributed by atoms with Gasteiger partial charge in [-0.3, -0.25) is 4.79 Å². The van der Waals surface area contributed by atoms with Crippen LogP contribution in [-0.4, -0.2) is 21.1 Å². The van der Waals surface area contributed by atoms with Gasteiger partial charge in [0.15, 0.2) is 5.58 Å². The molecule has 1 aromatic heterocycles. The lowest BCUT2D eigenvalue weighted by molar-refractivity contribution is 0.0751. The molecule has 5 nitrogen and oxygen atoms in total. The Morgan fingerprint density at radius 2 is 2.00 bits per heavy atom. The summed E-state index contributed by atoms with van der Waals surface area (Å²) in [4.78, 5) is 14.8. The molecule has 24 heavy (non-hydrogen) atoms. The number of fused-ring (bicyclic) bond motifs is 2. The van der Waals surface area contributed by atoms with Crippen molar-refractivity contribution in [1.82, 2.24) is 10.1 Å². The van der Waals surface area contributed by atoms with E-state index in [9.17, 15) is 9.90 Å². The first-order chi connectivity index (χ1) is 11.6. The number of aromatic nitrogens is 1. The summed E-state index contributed by atoms with van der Waals surface area (Å²) in [5, 5.41) is 14.6. The van der Waals surface area contributed by atoms with E-state index in [0.29, 0.717) is 35.2 Å². The van der Waals surface area contributed by atoms with Gasteiger partial charge in [0.1, 0.15) is 11.7 Å². The summed E-state index contributed by atoms with van der Waals surface area (Å²) in [5.41, 5.74) is 3.66. The standard InChI is InChI=1S/C19H16N2O3/c1-11(2)14-7-15(18-16(17(14)22)8-20-24-18)19(23)21-9-12-5-3-4-6-13(12)10-21/h3-8,11H,1,9-10H2,2H3/p+1. The van der Waals surface area contributed by atoms with Crippen molar-refractivity contribution in [1.29, 1.82) is 0 Å². The fourth-order valence-electron chi connectivity index (χ4n) is 3.23. The minimum absolute atomic E-state index is 0.0787. The second kappa shape index (κ2) is 5.30. The second-order valence-electron chi connectivity index (χ2n) is 6.26. The Hall–Kier alpha value is -2.95. The number of aromatic hydroxyl groups is 1. The van der Waals surface area contributed by atoms with Gasteiger partial charge in [-0.2, -0.15) is 0 Å². The van der Waals surface area contributed by atoms with Crippen molar-refractivity contribution < 1.29 is 14.4 Å². The van der Waals surface area contributed by atoms with Crippen LogP contribution in [-0.2, 0) is 13.1 Å². The van der Waals surface area contributed by atoms with E-state index in [2.05, 4.69) is 12.1 Å². The van der Waals surface area contributed by atoms with Crippen LogP contribution >= 0.6 is 0 Å². The third kappa shape index (κ3) is 2.12. The van der Waals surface area contributed by atoms with Gasteiger partial charge < -0.3 is 14.5 Å². The zero-order valence-electron chi connectivity index (χ0n) is 13.3. The zero-order valence-corrected chi connectivity index (χ0v) is 13.3. The first kappa shape index (κ1) is 14.6. The van der Waals surface area contributed by atoms with E-state index in [4.69, 9.17) is 4.52 Å². The van der Waals surface area contributed by atoms with Gasteiger partial charge in [0.25, 0.3) is 5.91 Å². The van der Waals surface area contributed by atoms with Gasteiger partial charge in [-0.15, -0.1) is 0 Å². The van der Waals surface area contributed by atoms with Crippen molar-refractivity contribution in [3.63, 3.8) is 0 Å². The van der Waals surface area contributed by atoms with Crippen LogP contribution < -0.4 is 0 Å². The number of hydrogen-bond donors (Lipinski definition) is 1. The summed E-state index contributed by atoms with van der Waals surface area (Å²) < 4.78 is 5.24. The van der Waals surface area contributed by atoms with Crippen LogP contribution in [0.25, 0.3) is 11.0 Å². The summed E-state index contributed by atoms with van der Waals surface area (Å²) in [6.45, 7) is 6.97. The number of phenolic OH excluding ortho intramolecular Hbond substituents is 1. The van der Waals surface area contributed by atoms with Gasteiger partial charge in [0.05, 0.1) is 24.1 Å². The van der Waals surface area contributed by atoms with Gasteiger partial charge in [0.2, 0.25) is 0 Å². The lowest BCUT2D eigenvalue weighted by atomic mass is 9.96. The molecule has 5 heteroatoms. The normalized spacial score (nSPS) is 14.8. The number of nitrogens with zero attached hydrogens (tertiary/aromatic N) is 2. The number of hydrogen-bond acceptors (Lipinski definition) is 4. The molecule has 1 atom stereocenters. The average Bonchev–Trinajstić information content (AvgIpc) is 3.21. The van der Waals surface area contributed by atoms with Crippen molar-refractivity contribution in [2.45, 2.75) is 25.9 Å². The molecule has 0 aliphatic carbocycles. The Balaban J connectivity index is 1.78. The molecule has 1 aliphatic rings. The van der Waals surface area contributed by atoms with E-state index in [1.54, 1.807) is 11.0 Å². The third-order valence-electron chi connectivity index (χ3n) is 4.53. The van der Waals surface area contributed by atoms with Gasteiger partial charge in [-0.25, -0.2) is 0 Å². The number of carbonyl (C=O) groups excluding carboxylic acids is 1. The zero-order chi connectivity index (χ0) is 16.8. The fourth-order valence-corrected chi connectivity index (χ4v) is 3.23. The van der Waals surface area contributed by atoms with Crippen LogP contribution in [0.2, 0.25) is 0 Å². The molecule has 0 spiro atoms. The van der Waals surface area contributed by atoms with Crippen LogP contribution in [0.1, 0.15) is 39.9 Å². The SMILES string of the molecule is [CH2+]C(C)c1cc(C(=O)N2Cc3ccccc3C2)c2oncc2c1O. The fraction of sp³-hybridized carbons (Fsp3) is 0.211. The molecule has 4 rings (SSSR count). The summed E-state index contributed by atoms with van der Waals surface area (Å²) in [5.74, 6) is -0.212. The summed E-state index contributed by atoms with van der Waals surface area (Å²) in [6, 6.07) is 9.70. The highest BCUT2D eigenvalue weighted by Crippen LogP contribution is 2.36. The Morgan fingerprint density at radius 3 is 2.62 bits per heavy atom. The number of amides is 1. The monoisotopic (exact) mass is 321 g/mol. The molecule has 0 bridgehead atoms. The Bertz CT molecular complexity index is 918. The van der Waals surface area contributed by atoms with E-state index in [-0.39, 0.29) is 17.6 Å². The van der Waals surface area contributed by atoms with Crippen LogP contribution in [0.5, 0.6) is 5.75 Å². The van der Waals surface area contributed by atoms with Crippen LogP contribution in [0, 0.1) is 6.92 Å². The van der Waals surface area contributed by atoms with Gasteiger partial charge in [-0.1, -0.05) is 29.4 Å². The molecular weight excluding hydrogens is 304 g/mol. The van der Waals surface area contributed by atoms with Gasteiger partial charge in [0, 0.05) is 18.7 Å². The Kier molecular flexibility index (Phi) is 3.23. The first-order valence-electron chi connectivity index (χ1n) is 7.85. The number of benzene rings is 2. The topological polar surface area (TPSA) is 66.6 Å². The lowest BCUT2D eigenvalue weighted by Crippen LogP contribution is -2.25. The molecule has 0 radical (unpaired) electrons. The molecule has 1 unspecified atom stereocenters. The molecule has 1 N–H and O–H groups in total. The van der Waals surface area contributed by atoms with E-state index in [1.165, 1.54) is 6.20 Å². The molecule has 2 aromatic carbocycles. The third-order valence-corrected chi connectivity index (χ3v) is 4.53. The van der Waals surface area contributed by atoms with Gasteiger partial charge in [-0.05, 0) is 24.1 Å². The van der Waals surface area contributed by atoms with E-state index in [0.717, 1.165) is 11.1 Å². The molecule has 120 valence electrons. The molecular formula is C19H17N2O3+. The van der Waals surface area contributed by atoms with Crippen molar-refractivity contribution >= 4 is 16.9 Å². The maximum absolute atomic E-state index is 13.0. The average molecular weight is 321 g/mol.